The van der Waals surface area contributed by atoms with Crippen molar-refractivity contribution in [2.75, 3.05) is 13.1 Å². The third kappa shape index (κ3) is 1.26. The summed E-state index contributed by atoms with van der Waals surface area (Å²) in [6.45, 7) is 1.55. The zero-order valence-electron chi connectivity index (χ0n) is 5.67. The average molecular weight is 135 g/mol. The molecular formula is C7H9N3. The van der Waals surface area contributed by atoms with Crippen molar-refractivity contribution in [2.24, 2.45) is 11.8 Å². The number of nitriles is 2. The van der Waals surface area contributed by atoms with Crippen LogP contribution >= 0.6 is 0 Å². The van der Waals surface area contributed by atoms with Crippen molar-refractivity contribution in [3.63, 3.8) is 0 Å². The van der Waals surface area contributed by atoms with Gasteiger partial charge in [0, 0.05) is 6.54 Å². The van der Waals surface area contributed by atoms with Crippen molar-refractivity contribution < 1.29 is 0 Å². The van der Waals surface area contributed by atoms with Crippen LogP contribution in [0.15, 0.2) is 0 Å². The number of piperidine rings is 1. The molecule has 0 aliphatic carbocycles. The Kier molecular flexibility index (Phi) is 2.25. The highest BCUT2D eigenvalue weighted by Crippen LogP contribution is 2.16. The smallest absolute Gasteiger partial charge is 0.0746 e. The minimum atomic E-state index is -0.0984. The van der Waals surface area contributed by atoms with Gasteiger partial charge in [0.15, 0.2) is 0 Å². The van der Waals surface area contributed by atoms with Crippen LogP contribution < -0.4 is 5.32 Å². The molecular weight excluding hydrogens is 126 g/mol. The predicted molar refractivity (Wildman–Crippen MR) is 35.7 cm³/mol. The molecule has 1 rings (SSSR count). The SMILES string of the molecule is N#CC1CCNCC1C#N. The molecule has 0 aromatic carbocycles. The molecule has 3 nitrogen and oxygen atoms in total. The van der Waals surface area contributed by atoms with E-state index in [1.807, 2.05) is 0 Å². The van der Waals surface area contributed by atoms with Gasteiger partial charge in [-0.3, -0.25) is 0 Å². The Morgan fingerprint density at radius 1 is 1.20 bits per heavy atom. The van der Waals surface area contributed by atoms with Gasteiger partial charge in [-0.2, -0.15) is 10.5 Å². The molecule has 0 saturated carbocycles. The van der Waals surface area contributed by atoms with Gasteiger partial charge in [0.05, 0.1) is 24.0 Å². The van der Waals surface area contributed by atoms with Crippen LogP contribution in [0.5, 0.6) is 0 Å². The summed E-state index contributed by atoms with van der Waals surface area (Å²) in [5.74, 6) is -0.148. The quantitative estimate of drug-likeness (QED) is 0.518. The third-order valence-corrected chi connectivity index (χ3v) is 1.81. The van der Waals surface area contributed by atoms with Crippen LogP contribution in [0.4, 0.5) is 0 Å². The first kappa shape index (κ1) is 7.05. The van der Waals surface area contributed by atoms with Gasteiger partial charge in [0.1, 0.15) is 0 Å². The summed E-state index contributed by atoms with van der Waals surface area (Å²) in [6.07, 6.45) is 0.814. The molecule has 52 valence electrons. The molecule has 0 spiro atoms. The van der Waals surface area contributed by atoms with Gasteiger partial charge in [0.25, 0.3) is 0 Å². The minimum Gasteiger partial charge on any atom is -0.315 e. The Morgan fingerprint density at radius 2 is 1.90 bits per heavy atom. The lowest BCUT2D eigenvalue weighted by Gasteiger charge is -2.21. The van der Waals surface area contributed by atoms with Gasteiger partial charge in [-0.1, -0.05) is 0 Å². The molecule has 1 fully saturated rings. The molecule has 0 aromatic heterocycles. The molecule has 0 amide bonds. The van der Waals surface area contributed by atoms with Crippen LogP contribution in [0.1, 0.15) is 6.42 Å². The van der Waals surface area contributed by atoms with Crippen LogP contribution in [0.2, 0.25) is 0 Å². The van der Waals surface area contributed by atoms with E-state index >= 15 is 0 Å². The number of rotatable bonds is 0. The normalized spacial score (nSPS) is 32.2. The van der Waals surface area contributed by atoms with Crippen LogP contribution in [-0.2, 0) is 0 Å². The summed E-state index contributed by atoms with van der Waals surface area (Å²) in [7, 11) is 0. The summed E-state index contributed by atoms with van der Waals surface area (Å²) >= 11 is 0. The van der Waals surface area contributed by atoms with Gasteiger partial charge in [-0.25, -0.2) is 0 Å². The van der Waals surface area contributed by atoms with Gasteiger partial charge >= 0.3 is 0 Å². The lowest BCUT2D eigenvalue weighted by atomic mass is 9.89. The molecule has 1 aliphatic rings. The Labute approximate surface area is 60.3 Å². The molecule has 1 N–H and O–H groups in total. The fourth-order valence-electron chi connectivity index (χ4n) is 1.15. The second-order valence-electron chi connectivity index (χ2n) is 2.46. The van der Waals surface area contributed by atoms with Crippen molar-refractivity contribution >= 4 is 0 Å². The molecule has 1 saturated heterocycles. The fourth-order valence-corrected chi connectivity index (χ4v) is 1.15. The standard InChI is InChI=1S/C7H9N3/c8-3-6-1-2-10-5-7(6)4-9/h6-7,10H,1-2,5H2. The molecule has 2 atom stereocenters. The summed E-state index contributed by atoms with van der Waals surface area (Å²) in [5, 5.41) is 20.2. The fraction of sp³-hybridized carbons (Fsp3) is 0.714. The highest BCUT2D eigenvalue weighted by molar-refractivity contribution is 5.01. The van der Waals surface area contributed by atoms with Crippen molar-refractivity contribution in [3.8, 4) is 12.1 Å². The monoisotopic (exact) mass is 135 g/mol. The Bertz CT molecular complexity index is 164. The first-order valence-electron chi connectivity index (χ1n) is 3.38. The van der Waals surface area contributed by atoms with Crippen LogP contribution in [-0.4, -0.2) is 13.1 Å². The highest BCUT2D eigenvalue weighted by atomic mass is 14.9. The number of nitrogens with one attached hydrogen (secondary N) is 1. The summed E-state index contributed by atoms with van der Waals surface area (Å²) < 4.78 is 0. The molecule has 0 radical (unpaired) electrons. The zero-order chi connectivity index (χ0) is 7.40. The first-order valence-corrected chi connectivity index (χ1v) is 3.38. The summed E-state index contributed by atoms with van der Waals surface area (Å²) in [6, 6.07) is 4.26. The minimum absolute atomic E-state index is 0.0498. The molecule has 0 bridgehead atoms. The second-order valence-corrected chi connectivity index (χ2v) is 2.46. The van der Waals surface area contributed by atoms with E-state index in [0.717, 1.165) is 13.0 Å². The maximum atomic E-state index is 8.56. The van der Waals surface area contributed by atoms with E-state index in [4.69, 9.17) is 10.5 Å². The Balaban J connectivity index is 2.54. The lowest BCUT2D eigenvalue weighted by Crippen LogP contribution is -2.35. The van der Waals surface area contributed by atoms with Crippen molar-refractivity contribution in [1.82, 2.24) is 5.32 Å². The van der Waals surface area contributed by atoms with E-state index in [1.54, 1.807) is 0 Å². The van der Waals surface area contributed by atoms with Crippen LogP contribution in [0, 0.1) is 34.5 Å². The largest absolute Gasteiger partial charge is 0.315 e. The van der Waals surface area contributed by atoms with E-state index in [9.17, 15) is 0 Å². The average Bonchev–Trinajstić information content (AvgIpc) is 2.04. The van der Waals surface area contributed by atoms with Crippen LogP contribution in [0.3, 0.4) is 0 Å². The Hall–Kier alpha value is -1.06. The van der Waals surface area contributed by atoms with E-state index < -0.39 is 0 Å². The first-order chi connectivity index (χ1) is 4.88. The topological polar surface area (TPSA) is 59.6 Å². The summed E-state index contributed by atoms with van der Waals surface area (Å²) in [4.78, 5) is 0. The highest BCUT2D eigenvalue weighted by Gasteiger charge is 2.23. The number of nitrogens with zero attached hydrogens (tertiary/aromatic N) is 2. The Morgan fingerprint density at radius 3 is 2.40 bits per heavy atom. The maximum Gasteiger partial charge on any atom is 0.0746 e. The maximum absolute atomic E-state index is 8.56. The number of hydrogen-bond donors (Lipinski definition) is 1. The van der Waals surface area contributed by atoms with Crippen molar-refractivity contribution in [1.29, 1.82) is 10.5 Å². The lowest BCUT2D eigenvalue weighted by molar-refractivity contribution is 0.371. The molecule has 1 heterocycles. The second kappa shape index (κ2) is 3.20. The van der Waals surface area contributed by atoms with E-state index in [-0.39, 0.29) is 11.8 Å². The van der Waals surface area contributed by atoms with Gasteiger partial charge < -0.3 is 5.32 Å². The molecule has 10 heavy (non-hydrogen) atoms. The van der Waals surface area contributed by atoms with Crippen molar-refractivity contribution in [2.45, 2.75) is 6.42 Å². The molecule has 2 unspecified atom stereocenters. The van der Waals surface area contributed by atoms with E-state index in [2.05, 4.69) is 17.5 Å². The number of hydrogen-bond acceptors (Lipinski definition) is 3. The van der Waals surface area contributed by atoms with E-state index in [1.165, 1.54) is 0 Å². The molecule has 0 aromatic rings. The van der Waals surface area contributed by atoms with Crippen LogP contribution in [0.25, 0.3) is 0 Å². The zero-order valence-corrected chi connectivity index (χ0v) is 5.67. The third-order valence-electron chi connectivity index (χ3n) is 1.81. The van der Waals surface area contributed by atoms with Gasteiger partial charge in [0.2, 0.25) is 0 Å². The molecule has 1 aliphatic heterocycles. The summed E-state index contributed by atoms with van der Waals surface area (Å²) in [5.41, 5.74) is 0. The van der Waals surface area contributed by atoms with Gasteiger partial charge in [-0.15, -0.1) is 0 Å². The van der Waals surface area contributed by atoms with E-state index in [0.29, 0.717) is 6.54 Å². The van der Waals surface area contributed by atoms with Gasteiger partial charge in [-0.05, 0) is 13.0 Å². The molecule has 3 heteroatoms. The predicted octanol–water partition coefficient (Wildman–Crippen LogP) is 0.259. The van der Waals surface area contributed by atoms with Crippen molar-refractivity contribution in [3.05, 3.63) is 0 Å².